The highest BCUT2D eigenvalue weighted by Crippen LogP contribution is 2.42. The summed E-state index contributed by atoms with van der Waals surface area (Å²) < 4.78 is 151. The van der Waals surface area contributed by atoms with Gasteiger partial charge in [-0.1, -0.05) is 239 Å². The Kier molecular flexibility index (Phi) is 26.0. The number of benzene rings is 8. The second kappa shape index (κ2) is 35.0. The lowest BCUT2D eigenvalue weighted by Crippen LogP contribution is -2.71. The summed E-state index contributed by atoms with van der Waals surface area (Å²) >= 11 is 0. The molecule has 8 aromatic rings. The Hall–Kier alpha value is -6.72. The lowest BCUT2D eigenvalue weighted by molar-refractivity contribution is -0.349. The van der Waals surface area contributed by atoms with Gasteiger partial charge in [0.1, 0.15) is 67.0 Å². The first kappa shape index (κ1) is 74.5. The second-order valence-electron chi connectivity index (χ2n) is 26.8. The molecule has 0 amide bonds. The molecular weight excluding hydrogens is 1330 g/mol. The Labute approximate surface area is 589 Å². The molecular formula is C78H92N2O17S2Si. The molecule has 15 atom stereocenters. The molecule has 3 N–H and O–H groups in total. The van der Waals surface area contributed by atoms with Gasteiger partial charge in [0.25, 0.3) is 0 Å². The molecule has 0 saturated carbocycles. The van der Waals surface area contributed by atoms with E-state index in [1.165, 1.54) is 24.3 Å². The van der Waals surface area contributed by atoms with Gasteiger partial charge in [0.2, 0.25) is 20.0 Å². The van der Waals surface area contributed by atoms with Gasteiger partial charge < -0.3 is 61.6 Å². The van der Waals surface area contributed by atoms with Crippen molar-refractivity contribution in [1.29, 1.82) is 0 Å². The molecule has 0 bridgehead atoms. The third kappa shape index (κ3) is 19.9. The van der Waals surface area contributed by atoms with Crippen LogP contribution in [0.15, 0.2) is 252 Å². The smallest absolute Gasteiger partial charge is 0.241 e. The zero-order valence-electron chi connectivity index (χ0n) is 57.2. The zero-order chi connectivity index (χ0) is 70.1. The van der Waals surface area contributed by atoms with Crippen molar-refractivity contribution in [2.45, 2.75) is 187 Å². The maximum absolute atomic E-state index is 15.2. The van der Waals surface area contributed by atoms with Crippen molar-refractivity contribution in [1.82, 2.24) is 9.44 Å². The Balaban J connectivity index is 1.05. The normalized spacial score (nSPS) is 26.1. The van der Waals surface area contributed by atoms with Gasteiger partial charge in [-0.15, -0.1) is 0 Å². The Bertz CT molecular complexity index is 3960. The molecule has 3 aliphatic heterocycles. The van der Waals surface area contributed by atoms with Crippen molar-refractivity contribution in [3.63, 3.8) is 0 Å². The molecule has 3 heterocycles. The van der Waals surface area contributed by atoms with E-state index in [1.807, 2.05) is 202 Å². The minimum Gasteiger partial charge on any atom is -0.391 e. The average molecular weight is 1420 g/mol. The van der Waals surface area contributed by atoms with E-state index in [0.717, 1.165) is 33.4 Å². The SMILES string of the molecule is C[C@@H]1O[C@H](OCC2O[C@@H](O[Si](C)(C)C(C)(C)C)C(NS(=O)(=O)c3ccccc3)[C@@H](OCc3ccccc3)[C@H]2O[C@@H]2OC(COCc3ccccc3)[C@H](O)[C@H](OCc3ccccc3)C2NS(=O)(=O)c2ccccc2)C(OCc2ccccc2)C(OCc2ccccc2)[C@@H]1OCc1ccccc1. The van der Waals surface area contributed by atoms with Gasteiger partial charge in [0, 0.05) is 0 Å². The highest BCUT2D eigenvalue weighted by Gasteiger charge is 2.57. The first-order valence-electron chi connectivity index (χ1n) is 33.9. The van der Waals surface area contributed by atoms with Crippen molar-refractivity contribution in [3.8, 4) is 0 Å². The third-order valence-corrected chi connectivity index (χ3v) is 25.9. The number of aliphatic hydroxyl groups excluding tert-OH is 1. The van der Waals surface area contributed by atoms with Gasteiger partial charge in [0.05, 0.1) is 68.7 Å². The van der Waals surface area contributed by atoms with Crippen LogP contribution in [0.25, 0.3) is 0 Å². The molecule has 22 heteroatoms. The number of rotatable bonds is 32. The van der Waals surface area contributed by atoms with Gasteiger partial charge in [-0.25, -0.2) is 26.3 Å². The Morgan fingerprint density at radius 3 is 1.16 bits per heavy atom. The van der Waals surface area contributed by atoms with Crippen LogP contribution in [0, 0.1) is 0 Å². The molecule has 0 aliphatic carbocycles. The fourth-order valence-corrected chi connectivity index (χ4v) is 15.7. The zero-order valence-corrected chi connectivity index (χ0v) is 59.8. The first-order chi connectivity index (χ1) is 48.3. The average Bonchev–Trinajstić information content (AvgIpc) is 0.756. The molecule has 100 heavy (non-hydrogen) atoms. The van der Waals surface area contributed by atoms with E-state index in [-0.39, 0.29) is 56.0 Å². The molecule has 6 unspecified atom stereocenters. The molecule has 3 fully saturated rings. The van der Waals surface area contributed by atoms with Crippen molar-refractivity contribution < 1.29 is 78.5 Å². The van der Waals surface area contributed by atoms with Gasteiger partial charge in [-0.3, -0.25) is 0 Å². The van der Waals surface area contributed by atoms with Crippen molar-refractivity contribution in [2.75, 3.05) is 13.2 Å². The van der Waals surface area contributed by atoms with Gasteiger partial charge in [0.15, 0.2) is 27.2 Å². The van der Waals surface area contributed by atoms with E-state index < -0.39 is 132 Å². The molecule has 19 nitrogen and oxygen atoms in total. The Morgan fingerprint density at radius 1 is 0.390 bits per heavy atom. The van der Waals surface area contributed by atoms with Crippen LogP contribution in [0.3, 0.4) is 0 Å². The van der Waals surface area contributed by atoms with Crippen LogP contribution in [0.2, 0.25) is 18.1 Å². The molecule has 0 aromatic heterocycles. The number of ether oxygens (including phenoxy) is 11. The summed E-state index contributed by atoms with van der Waals surface area (Å²) in [6, 6.07) is 70.1. The molecule has 3 saturated heterocycles. The predicted octanol–water partition coefficient (Wildman–Crippen LogP) is 11.8. The van der Waals surface area contributed by atoms with Gasteiger partial charge in [-0.05, 0) is 82.7 Å². The summed E-state index contributed by atoms with van der Waals surface area (Å²) in [5, 5.41) is 12.3. The van der Waals surface area contributed by atoms with Crippen molar-refractivity contribution in [3.05, 3.63) is 276 Å². The third-order valence-electron chi connectivity index (χ3n) is 18.5. The van der Waals surface area contributed by atoms with E-state index in [9.17, 15) is 5.11 Å². The number of nitrogens with one attached hydrogen (secondary N) is 2. The van der Waals surface area contributed by atoms with Crippen molar-refractivity contribution >= 4 is 28.4 Å². The number of aliphatic hydroxyl groups is 1. The molecule has 8 aromatic carbocycles. The standard InChI is InChI=1S/C78H92N2O17S2Si/c1-55-69(87-48-57-33-17-8-18-34-57)73(90-51-60-39-23-11-24-40-60)74(91-52-61-41-25-12-26-42-61)77(93-55)92-54-65-70(72(89-50-59-37-21-10-22-38-59)67(76(95-65)97-100(5,6)78(2,3)4)80-99(84,85)63-45-29-14-30-46-63)96-75-66(79-98(82,83)62-43-27-13-28-44-62)71(88-49-58-35-19-9-20-36-58)68(81)64(94-75)53-86-47-56-31-15-7-16-32-56/h7-46,55,64-77,79-81H,47-54H2,1-6H3/t55-,64?,65?,66?,67?,68-,69+,70-,71+,72+,73?,74?,75-,76-,77-/m0/s1. The monoisotopic (exact) mass is 1420 g/mol. The summed E-state index contributed by atoms with van der Waals surface area (Å²) in [5.41, 5.74) is 5.00. The van der Waals surface area contributed by atoms with Crippen LogP contribution < -0.4 is 9.44 Å². The topological polar surface area (TPSA) is 223 Å². The van der Waals surface area contributed by atoms with Crippen LogP contribution in [-0.4, -0.2) is 135 Å². The lowest BCUT2D eigenvalue weighted by atomic mass is 9.94. The molecule has 0 radical (unpaired) electrons. The van der Waals surface area contributed by atoms with Crippen LogP contribution in [0.1, 0.15) is 61.1 Å². The van der Waals surface area contributed by atoms with E-state index in [0.29, 0.717) is 0 Å². The van der Waals surface area contributed by atoms with Crippen LogP contribution in [0.4, 0.5) is 0 Å². The minimum absolute atomic E-state index is 0.0530. The summed E-state index contributed by atoms with van der Waals surface area (Å²) in [6.45, 7) is 12.0. The Morgan fingerprint density at radius 2 is 0.740 bits per heavy atom. The number of hydrogen-bond donors (Lipinski definition) is 3. The summed E-state index contributed by atoms with van der Waals surface area (Å²) in [5.74, 6) is 0. The number of sulfonamides is 2. The predicted molar refractivity (Wildman–Crippen MR) is 379 cm³/mol. The maximum atomic E-state index is 15.2. The van der Waals surface area contributed by atoms with E-state index in [1.54, 1.807) is 36.4 Å². The van der Waals surface area contributed by atoms with Gasteiger partial charge >= 0.3 is 0 Å². The van der Waals surface area contributed by atoms with Crippen LogP contribution in [-0.2, 0) is 116 Å². The quantitative estimate of drug-likeness (QED) is 0.0333. The van der Waals surface area contributed by atoms with E-state index >= 15 is 16.8 Å². The number of hydrogen-bond acceptors (Lipinski definition) is 17. The fourth-order valence-electron chi connectivity index (χ4n) is 12.0. The molecule has 11 rings (SSSR count). The maximum Gasteiger partial charge on any atom is 0.241 e. The van der Waals surface area contributed by atoms with Crippen LogP contribution in [0.5, 0.6) is 0 Å². The molecule has 3 aliphatic rings. The molecule has 532 valence electrons. The summed E-state index contributed by atoms with van der Waals surface area (Å²) in [4.78, 5) is -0.150. The first-order valence-corrected chi connectivity index (χ1v) is 39.8. The van der Waals surface area contributed by atoms with E-state index in [2.05, 4.69) is 30.2 Å². The van der Waals surface area contributed by atoms with E-state index in [4.69, 9.17) is 56.5 Å². The highest BCUT2D eigenvalue weighted by molar-refractivity contribution is 7.89. The minimum atomic E-state index is -4.52. The van der Waals surface area contributed by atoms with Gasteiger partial charge in [-0.2, -0.15) is 0 Å². The summed E-state index contributed by atoms with van der Waals surface area (Å²) in [6.07, 6.45) is -16.1. The lowest BCUT2D eigenvalue weighted by Gasteiger charge is -2.52. The highest BCUT2D eigenvalue weighted by atomic mass is 32.2. The second-order valence-corrected chi connectivity index (χ2v) is 35.0. The largest absolute Gasteiger partial charge is 0.391 e. The van der Waals surface area contributed by atoms with Crippen LogP contribution >= 0.6 is 0 Å². The molecule has 0 spiro atoms. The summed E-state index contributed by atoms with van der Waals surface area (Å²) in [7, 11) is -12.0. The fraction of sp³-hybridized carbons (Fsp3) is 0.385. The van der Waals surface area contributed by atoms with Crippen molar-refractivity contribution in [2.24, 2.45) is 0 Å².